The van der Waals surface area contributed by atoms with Gasteiger partial charge in [0.15, 0.2) is 0 Å². The molecule has 1 fully saturated rings. The molecule has 0 bridgehead atoms. The monoisotopic (exact) mass is 313 g/mol. The van der Waals surface area contributed by atoms with Crippen molar-refractivity contribution >= 4 is 21.6 Å². The Labute approximate surface area is 124 Å². The highest BCUT2D eigenvalue weighted by atomic mass is 35.5. The Morgan fingerprint density at radius 2 is 2.30 bits per heavy atom. The van der Waals surface area contributed by atoms with E-state index in [2.05, 4.69) is 5.32 Å². The Bertz CT molecular complexity index is 640. The third-order valence-corrected chi connectivity index (χ3v) is 5.69. The average Bonchev–Trinajstić information content (AvgIpc) is 2.88. The predicted molar refractivity (Wildman–Crippen MR) is 77.0 cm³/mol. The summed E-state index contributed by atoms with van der Waals surface area (Å²) in [6, 6.07) is 6.13. The number of rotatable bonds is 4. The van der Waals surface area contributed by atoms with Crippen LogP contribution in [0, 0.1) is 11.3 Å². The molecule has 1 aliphatic rings. The van der Waals surface area contributed by atoms with E-state index in [-0.39, 0.29) is 21.5 Å². The lowest BCUT2D eigenvalue weighted by Crippen LogP contribution is -2.40. The number of hydrogen-bond donors (Lipinski definition) is 1. The molecule has 0 aliphatic carbocycles. The molecule has 20 heavy (non-hydrogen) atoms. The first-order chi connectivity index (χ1) is 9.50. The number of nitrogens with zero attached hydrogens (tertiary/aromatic N) is 2. The SMILES string of the molecule is CNC[C@@H]1CCCN1S(=O)(=O)c1ccc(C#N)c(Cl)c1. The van der Waals surface area contributed by atoms with Gasteiger partial charge in [0.05, 0.1) is 15.5 Å². The van der Waals surface area contributed by atoms with Crippen molar-refractivity contribution in [3.8, 4) is 6.07 Å². The molecule has 1 aliphatic heterocycles. The van der Waals surface area contributed by atoms with Gasteiger partial charge >= 0.3 is 0 Å². The maximum atomic E-state index is 12.6. The van der Waals surface area contributed by atoms with Gasteiger partial charge in [-0.15, -0.1) is 0 Å². The number of hydrogen-bond acceptors (Lipinski definition) is 4. The summed E-state index contributed by atoms with van der Waals surface area (Å²) in [5, 5.41) is 12.0. The third-order valence-electron chi connectivity index (χ3n) is 3.43. The van der Waals surface area contributed by atoms with Crippen LogP contribution in [0.1, 0.15) is 18.4 Å². The van der Waals surface area contributed by atoms with Crippen molar-refractivity contribution in [2.24, 2.45) is 0 Å². The van der Waals surface area contributed by atoms with E-state index in [1.54, 1.807) is 0 Å². The molecule has 5 nitrogen and oxygen atoms in total. The predicted octanol–water partition coefficient (Wildman–Crippen LogP) is 1.58. The van der Waals surface area contributed by atoms with Crippen molar-refractivity contribution in [1.29, 1.82) is 5.26 Å². The second-order valence-electron chi connectivity index (χ2n) is 4.72. The molecule has 1 atom stereocenters. The summed E-state index contributed by atoms with van der Waals surface area (Å²) in [5.74, 6) is 0. The second-order valence-corrected chi connectivity index (χ2v) is 7.02. The number of nitrogens with one attached hydrogen (secondary N) is 1. The highest BCUT2D eigenvalue weighted by Gasteiger charge is 2.34. The largest absolute Gasteiger partial charge is 0.318 e. The van der Waals surface area contributed by atoms with E-state index in [0.717, 1.165) is 12.8 Å². The Hall–Kier alpha value is -1.13. The van der Waals surface area contributed by atoms with Gasteiger partial charge in [-0.1, -0.05) is 11.6 Å². The zero-order chi connectivity index (χ0) is 14.8. The van der Waals surface area contributed by atoms with Gasteiger partial charge in [-0.25, -0.2) is 8.42 Å². The fourth-order valence-electron chi connectivity index (χ4n) is 2.45. The number of sulfonamides is 1. The van der Waals surface area contributed by atoms with E-state index in [1.807, 2.05) is 13.1 Å². The van der Waals surface area contributed by atoms with Crippen LogP contribution in [-0.4, -0.2) is 38.9 Å². The van der Waals surface area contributed by atoms with Crippen LogP contribution in [0.15, 0.2) is 23.1 Å². The van der Waals surface area contributed by atoms with E-state index < -0.39 is 10.0 Å². The molecule has 7 heteroatoms. The van der Waals surface area contributed by atoms with Crippen LogP contribution in [0.2, 0.25) is 5.02 Å². The van der Waals surface area contributed by atoms with Crippen LogP contribution in [0.25, 0.3) is 0 Å². The minimum absolute atomic E-state index is 0.0283. The summed E-state index contributed by atoms with van der Waals surface area (Å²) >= 11 is 5.92. The Balaban J connectivity index is 2.35. The first kappa shape index (κ1) is 15.3. The smallest absolute Gasteiger partial charge is 0.243 e. The standard InChI is InChI=1S/C13H16ClN3O2S/c1-16-9-11-3-2-6-17(11)20(18,19)12-5-4-10(8-15)13(14)7-12/h4-5,7,11,16H,2-3,6,9H2,1H3/t11-/m0/s1. The molecule has 1 saturated heterocycles. The summed E-state index contributed by atoms with van der Waals surface area (Å²) in [7, 11) is -1.75. The molecular weight excluding hydrogens is 298 g/mol. The Kier molecular flexibility index (Phi) is 4.66. The lowest BCUT2D eigenvalue weighted by Gasteiger charge is -2.24. The second kappa shape index (κ2) is 6.10. The van der Waals surface area contributed by atoms with Gasteiger partial charge in [0, 0.05) is 19.1 Å². The molecule has 1 aromatic rings. The molecule has 1 heterocycles. The summed E-state index contributed by atoms with van der Waals surface area (Å²) < 4.78 is 26.8. The first-order valence-electron chi connectivity index (χ1n) is 6.37. The fourth-order valence-corrected chi connectivity index (χ4v) is 4.45. The minimum Gasteiger partial charge on any atom is -0.318 e. The summed E-state index contributed by atoms with van der Waals surface area (Å²) in [6.07, 6.45) is 1.71. The molecule has 0 amide bonds. The van der Waals surface area contributed by atoms with Crippen LogP contribution in [0.3, 0.4) is 0 Å². The number of nitriles is 1. The van der Waals surface area contributed by atoms with Gasteiger partial charge in [0.2, 0.25) is 10.0 Å². The van der Waals surface area contributed by atoms with Crippen LogP contribution < -0.4 is 5.32 Å². The molecule has 108 valence electrons. The van der Waals surface area contributed by atoms with E-state index in [1.165, 1.54) is 22.5 Å². The third kappa shape index (κ3) is 2.81. The average molecular weight is 314 g/mol. The number of likely N-dealkylation sites (N-methyl/N-ethyl adjacent to an activating group) is 1. The van der Waals surface area contributed by atoms with Gasteiger partial charge in [-0.05, 0) is 38.1 Å². The van der Waals surface area contributed by atoms with Crippen molar-refractivity contribution in [3.05, 3.63) is 28.8 Å². The zero-order valence-corrected chi connectivity index (χ0v) is 12.7. The quantitative estimate of drug-likeness (QED) is 0.916. The number of benzene rings is 1. The van der Waals surface area contributed by atoms with Gasteiger partial charge in [0.25, 0.3) is 0 Å². The molecule has 0 radical (unpaired) electrons. The maximum absolute atomic E-state index is 12.6. The molecule has 0 saturated carbocycles. The molecule has 1 N–H and O–H groups in total. The van der Waals surface area contributed by atoms with Crippen LogP contribution in [-0.2, 0) is 10.0 Å². The first-order valence-corrected chi connectivity index (χ1v) is 8.18. The van der Waals surface area contributed by atoms with Crippen molar-refractivity contribution in [2.45, 2.75) is 23.8 Å². The van der Waals surface area contributed by atoms with Crippen LogP contribution in [0.5, 0.6) is 0 Å². The van der Waals surface area contributed by atoms with E-state index in [9.17, 15) is 8.42 Å². The van der Waals surface area contributed by atoms with E-state index in [4.69, 9.17) is 16.9 Å². The number of halogens is 1. The van der Waals surface area contributed by atoms with E-state index >= 15 is 0 Å². The summed E-state index contributed by atoms with van der Waals surface area (Å²) in [5.41, 5.74) is 0.277. The van der Waals surface area contributed by atoms with Gasteiger partial charge in [-0.3, -0.25) is 0 Å². The summed E-state index contributed by atoms with van der Waals surface area (Å²) in [4.78, 5) is 0.143. The molecule has 1 aromatic carbocycles. The fraction of sp³-hybridized carbons (Fsp3) is 0.462. The van der Waals surface area contributed by atoms with Gasteiger partial charge in [-0.2, -0.15) is 9.57 Å². The van der Waals surface area contributed by atoms with Gasteiger partial charge in [0.1, 0.15) is 6.07 Å². The van der Waals surface area contributed by atoms with Crippen molar-refractivity contribution in [3.63, 3.8) is 0 Å². The lowest BCUT2D eigenvalue weighted by molar-refractivity contribution is 0.379. The molecule has 2 rings (SSSR count). The molecule has 0 spiro atoms. The van der Waals surface area contributed by atoms with Crippen molar-refractivity contribution in [1.82, 2.24) is 9.62 Å². The molecule has 0 unspecified atom stereocenters. The summed E-state index contributed by atoms with van der Waals surface area (Å²) in [6.45, 7) is 1.15. The minimum atomic E-state index is -3.56. The highest BCUT2D eigenvalue weighted by Crippen LogP contribution is 2.28. The Morgan fingerprint density at radius 1 is 1.55 bits per heavy atom. The molecular formula is C13H16ClN3O2S. The lowest BCUT2D eigenvalue weighted by atomic mass is 10.2. The maximum Gasteiger partial charge on any atom is 0.243 e. The van der Waals surface area contributed by atoms with Crippen LogP contribution >= 0.6 is 11.6 Å². The van der Waals surface area contributed by atoms with Crippen LogP contribution in [0.4, 0.5) is 0 Å². The highest BCUT2D eigenvalue weighted by molar-refractivity contribution is 7.89. The molecule has 0 aromatic heterocycles. The normalized spacial score (nSPS) is 19.9. The zero-order valence-electron chi connectivity index (χ0n) is 11.1. The van der Waals surface area contributed by atoms with Crippen molar-refractivity contribution < 1.29 is 8.42 Å². The van der Waals surface area contributed by atoms with E-state index in [0.29, 0.717) is 13.1 Å². The van der Waals surface area contributed by atoms with Gasteiger partial charge < -0.3 is 5.32 Å². The Morgan fingerprint density at radius 3 is 2.90 bits per heavy atom. The van der Waals surface area contributed by atoms with Crippen molar-refractivity contribution in [2.75, 3.05) is 20.1 Å². The topological polar surface area (TPSA) is 73.2 Å².